The topological polar surface area (TPSA) is 102 Å². The largest absolute Gasteiger partial charge is 0.496 e. The minimum Gasteiger partial charge on any atom is -0.496 e. The number of methoxy groups -OCH3 is 1. The SMILES string of the molecule is COc1ccc(C(=O)[C@@H]2[C@@H]3C(=O)N(c4ccc5c(c4)OCO5)C(=O)[C@H]3[C@@H]3C=C(C(=O)c4ccccc4)C=CN23)cc1Br. The Morgan fingerprint density at radius 2 is 1.67 bits per heavy atom. The van der Waals surface area contributed by atoms with Crippen LogP contribution in [0.2, 0.25) is 0 Å². The van der Waals surface area contributed by atoms with Crippen LogP contribution in [-0.4, -0.2) is 54.3 Å². The van der Waals surface area contributed by atoms with Crippen LogP contribution in [-0.2, 0) is 9.59 Å². The average Bonchev–Trinajstić information content (AvgIpc) is 3.69. The van der Waals surface area contributed by atoms with Gasteiger partial charge < -0.3 is 19.1 Å². The van der Waals surface area contributed by atoms with Crippen molar-refractivity contribution in [1.82, 2.24) is 4.90 Å². The highest BCUT2D eigenvalue weighted by molar-refractivity contribution is 9.10. The number of allylic oxidation sites excluding steroid dienone is 2. The molecule has 2 saturated heterocycles. The van der Waals surface area contributed by atoms with Gasteiger partial charge in [0, 0.05) is 29.0 Å². The van der Waals surface area contributed by atoms with Crippen LogP contribution in [0.4, 0.5) is 5.69 Å². The molecular formula is C32H23BrN2O7. The number of hydrogen-bond acceptors (Lipinski definition) is 8. The molecule has 42 heavy (non-hydrogen) atoms. The Labute approximate surface area is 249 Å². The van der Waals surface area contributed by atoms with Crippen molar-refractivity contribution in [1.29, 1.82) is 0 Å². The highest BCUT2D eigenvalue weighted by Crippen LogP contribution is 2.48. The van der Waals surface area contributed by atoms with Crippen molar-refractivity contribution in [2.75, 3.05) is 18.8 Å². The first-order valence-electron chi connectivity index (χ1n) is 13.3. The number of ether oxygens (including phenoxy) is 3. The van der Waals surface area contributed by atoms with Gasteiger partial charge in [0.25, 0.3) is 0 Å². The number of fused-ring (bicyclic) bond motifs is 4. The number of halogens is 1. The van der Waals surface area contributed by atoms with Crippen LogP contribution in [0.15, 0.2) is 95.1 Å². The minimum absolute atomic E-state index is 0.0479. The van der Waals surface area contributed by atoms with Gasteiger partial charge in [0.1, 0.15) is 11.8 Å². The van der Waals surface area contributed by atoms with E-state index in [1.165, 1.54) is 7.11 Å². The van der Waals surface area contributed by atoms with E-state index in [1.54, 1.807) is 83.9 Å². The number of amides is 2. The molecule has 0 N–H and O–H groups in total. The number of nitrogens with zero attached hydrogens (tertiary/aromatic N) is 2. The third-order valence-corrected chi connectivity index (χ3v) is 8.79. The summed E-state index contributed by atoms with van der Waals surface area (Å²) in [6.45, 7) is 0.0479. The van der Waals surface area contributed by atoms with Gasteiger partial charge in [-0.1, -0.05) is 36.4 Å². The molecule has 0 unspecified atom stereocenters. The lowest BCUT2D eigenvalue weighted by atomic mass is 9.85. The summed E-state index contributed by atoms with van der Waals surface area (Å²) < 4.78 is 16.8. The first-order chi connectivity index (χ1) is 20.4. The number of ketones is 2. The van der Waals surface area contributed by atoms with Crippen molar-refractivity contribution < 1.29 is 33.4 Å². The smallest absolute Gasteiger partial charge is 0.240 e. The molecule has 4 heterocycles. The molecule has 4 atom stereocenters. The van der Waals surface area contributed by atoms with Crippen molar-refractivity contribution in [2.24, 2.45) is 11.8 Å². The van der Waals surface area contributed by atoms with Gasteiger partial charge in [-0.15, -0.1) is 0 Å². The summed E-state index contributed by atoms with van der Waals surface area (Å²) in [5.41, 5.74) is 1.59. The normalized spacial score (nSPS) is 23.5. The van der Waals surface area contributed by atoms with E-state index in [2.05, 4.69) is 15.9 Å². The standard InChI is InChI=1S/C32H23BrN2O7/c1-40-23-9-7-18(13-21(23)33)30(37)28-27-26(22-14-19(11-12-34(22)28)29(36)17-5-3-2-4-6-17)31(38)35(32(27)39)20-8-10-24-25(15-20)42-16-41-24/h2-15,22,26-28H,16H2,1H3/t22-,26-,27+,28-/m0/s1. The van der Waals surface area contributed by atoms with Gasteiger partial charge in [-0.3, -0.25) is 19.2 Å². The Morgan fingerprint density at radius 1 is 0.905 bits per heavy atom. The van der Waals surface area contributed by atoms with Gasteiger partial charge in [-0.25, -0.2) is 4.90 Å². The molecule has 0 bridgehead atoms. The second-order valence-electron chi connectivity index (χ2n) is 10.3. The van der Waals surface area contributed by atoms with Crippen LogP contribution in [0.1, 0.15) is 20.7 Å². The molecule has 2 amide bonds. The number of carbonyl (C=O) groups excluding carboxylic acids is 4. The molecule has 9 nitrogen and oxygen atoms in total. The molecule has 4 aliphatic heterocycles. The zero-order valence-electron chi connectivity index (χ0n) is 22.2. The van der Waals surface area contributed by atoms with E-state index >= 15 is 0 Å². The lowest BCUT2D eigenvalue weighted by Gasteiger charge is -2.33. The van der Waals surface area contributed by atoms with E-state index in [-0.39, 0.29) is 18.4 Å². The van der Waals surface area contributed by atoms with Crippen LogP contribution >= 0.6 is 15.9 Å². The molecule has 0 saturated carbocycles. The van der Waals surface area contributed by atoms with E-state index in [9.17, 15) is 19.2 Å². The second-order valence-corrected chi connectivity index (χ2v) is 11.2. The molecule has 7 rings (SSSR count). The molecule has 0 aliphatic carbocycles. The Kier molecular flexibility index (Phi) is 6.23. The predicted molar refractivity (Wildman–Crippen MR) is 154 cm³/mol. The maximum Gasteiger partial charge on any atom is 0.240 e. The van der Waals surface area contributed by atoms with Crippen molar-refractivity contribution >= 4 is 45.0 Å². The molecule has 3 aromatic carbocycles. The number of anilines is 1. The van der Waals surface area contributed by atoms with E-state index in [1.807, 2.05) is 6.07 Å². The third-order valence-electron chi connectivity index (χ3n) is 8.17. The van der Waals surface area contributed by atoms with Gasteiger partial charge in [0.2, 0.25) is 18.6 Å². The fraction of sp³-hybridized carbons (Fsp3) is 0.188. The lowest BCUT2D eigenvalue weighted by Crippen LogP contribution is -2.46. The van der Waals surface area contributed by atoms with Gasteiger partial charge >= 0.3 is 0 Å². The molecule has 0 radical (unpaired) electrons. The van der Waals surface area contributed by atoms with Crippen molar-refractivity contribution in [3.05, 3.63) is 106 Å². The maximum absolute atomic E-state index is 14.1. The van der Waals surface area contributed by atoms with Gasteiger partial charge in [-0.05, 0) is 52.3 Å². The summed E-state index contributed by atoms with van der Waals surface area (Å²) in [6, 6.07) is 17.0. The van der Waals surface area contributed by atoms with E-state index in [0.717, 1.165) is 4.90 Å². The van der Waals surface area contributed by atoms with Gasteiger partial charge in [0.15, 0.2) is 23.1 Å². The lowest BCUT2D eigenvalue weighted by molar-refractivity contribution is -0.123. The van der Waals surface area contributed by atoms with E-state index in [4.69, 9.17) is 14.2 Å². The van der Waals surface area contributed by atoms with E-state index < -0.39 is 35.7 Å². The van der Waals surface area contributed by atoms with Crippen LogP contribution in [0.3, 0.4) is 0 Å². The Balaban J connectivity index is 1.31. The van der Waals surface area contributed by atoms with Gasteiger partial charge in [-0.2, -0.15) is 0 Å². The zero-order chi connectivity index (χ0) is 29.1. The second kappa shape index (κ2) is 9.99. The molecule has 4 aliphatic rings. The molecule has 210 valence electrons. The highest BCUT2D eigenvalue weighted by atomic mass is 79.9. The molecule has 3 aromatic rings. The number of imide groups is 1. The molecule has 10 heteroatoms. The van der Waals surface area contributed by atoms with Crippen LogP contribution in [0.25, 0.3) is 0 Å². The zero-order valence-corrected chi connectivity index (χ0v) is 23.8. The Hall–Kier alpha value is -4.70. The summed E-state index contributed by atoms with van der Waals surface area (Å²) in [6.07, 6.45) is 5.01. The number of rotatable bonds is 6. The van der Waals surface area contributed by atoms with Crippen LogP contribution < -0.4 is 19.1 Å². The van der Waals surface area contributed by atoms with Gasteiger partial charge in [0.05, 0.1) is 35.1 Å². The molecule has 0 spiro atoms. The fourth-order valence-corrected chi connectivity index (χ4v) is 6.76. The summed E-state index contributed by atoms with van der Waals surface area (Å²) in [5, 5.41) is 0. The van der Waals surface area contributed by atoms with Crippen molar-refractivity contribution in [3.63, 3.8) is 0 Å². The Morgan fingerprint density at radius 3 is 2.43 bits per heavy atom. The summed E-state index contributed by atoms with van der Waals surface area (Å²) in [4.78, 5) is 58.5. The Bertz CT molecular complexity index is 1730. The quantitative estimate of drug-likeness (QED) is 0.290. The monoisotopic (exact) mass is 626 g/mol. The molecule has 2 fully saturated rings. The number of hydrogen-bond donors (Lipinski definition) is 0. The number of benzene rings is 3. The number of carbonyl (C=O) groups is 4. The third kappa shape index (κ3) is 3.97. The van der Waals surface area contributed by atoms with E-state index in [0.29, 0.717) is 44.1 Å². The summed E-state index contributed by atoms with van der Waals surface area (Å²) in [7, 11) is 1.53. The maximum atomic E-state index is 14.1. The molecule has 0 aromatic heterocycles. The predicted octanol–water partition coefficient (Wildman–Crippen LogP) is 4.56. The average molecular weight is 627 g/mol. The first kappa shape index (κ1) is 26.2. The summed E-state index contributed by atoms with van der Waals surface area (Å²) >= 11 is 3.44. The minimum atomic E-state index is -0.978. The molecular weight excluding hydrogens is 604 g/mol. The van der Waals surface area contributed by atoms with Crippen molar-refractivity contribution in [2.45, 2.75) is 12.1 Å². The number of Topliss-reactive ketones (excluding diaryl/α,β-unsaturated/α-hetero) is 2. The van der Waals surface area contributed by atoms with Crippen molar-refractivity contribution in [3.8, 4) is 17.2 Å². The van der Waals surface area contributed by atoms with Crippen LogP contribution in [0, 0.1) is 11.8 Å². The summed E-state index contributed by atoms with van der Waals surface area (Å²) in [5.74, 6) is -1.81. The fourth-order valence-electron chi connectivity index (χ4n) is 6.22. The van der Waals surface area contributed by atoms with Crippen LogP contribution in [0.5, 0.6) is 17.2 Å². The first-order valence-corrected chi connectivity index (χ1v) is 14.1. The highest BCUT2D eigenvalue weighted by Gasteiger charge is 2.63.